The summed E-state index contributed by atoms with van der Waals surface area (Å²) in [6.45, 7) is 30.9. The first kappa shape index (κ1) is 45.6. The number of ether oxygens (including phenoxy) is 12. The molecule has 0 rings (SSSR count). The Morgan fingerprint density at radius 1 is 0.182 bits per heavy atom. The van der Waals surface area contributed by atoms with Crippen LogP contribution in [0.5, 0.6) is 0 Å². The van der Waals surface area contributed by atoms with Crippen molar-refractivity contribution < 1.29 is 56.8 Å². The Hall–Kier alpha value is -0.480. The predicted octanol–water partition coefficient (Wildman–Crippen LogP) is 7.27. The molecule has 0 amide bonds. The Bertz CT molecular complexity index is 497. The van der Waals surface area contributed by atoms with E-state index in [-0.39, 0.29) is 48.8 Å². The van der Waals surface area contributed by atoms with E-state index in [1.54, 1.807) is 13.8 Å². The van der Waals surface area contributed by atoms with E-state index < -0.39 is 38.5 Å². The summed E-state index contributed by atoms with van der Waals surface area (Å²) in [5.41, 5.74) is 0. The molecule has 0 spiro atoms. The third-order valence-electron chi connectivity index (χ3n) is 4.28. The van der Waals surface area contributed by atoms with E-state index in [1.807, 2.05) is 111 Å². The summed E-state index contributed by atoms with van der Waals surface area (Å²) in [5.74, 6) is 0. The second-order valence-corrected chi connectivity index (χ2v) is 12.3. The smallest absolute Gasteiger partial charge is 0.274 e. The Balaban J connectivity index is 0. The minimum absolute atomic E-state index is 0.0226. The largest absolute Gasteiger partial charge is 0.327 e. The molecule has 0 atom stereocenters. The summed E-state index contributed by atoms with van der Waals surface area (Å²) in [7, 11) is 0. The van der Waals surface area contributed by atoms with Gasteiger partial charge in [0.1, 0.15) is 0 Å². The van der Waals surface area contributed by atoms with Gasteiger partial charge in [0, 0.05) is 0 Å². The molecule has 0 aromatic rings. The summed E-state index contributed by atoms with van der Waals surface area (Å²) in [6.07, 6.45) is -1.39. The van der Waals surface area contributed by atoms with Crippen molar-refractivity contribution in [1.29, 1.82) is 0 Å². The van der Waals surface area contributed by atoms with Gasteiger partial charge in [0.2, 0.25) is 0 Å². The summed E-state index contributed by atoms with van der Waals surface area (Å²) in [6, 6.07) is 0. The molecule has 0 N–H and O–H groups in total. The SMILES string of the molecule is CC(C)OC(OC(C)C)OC(C)OC(OC(C)C)OC(C)C.CC(C)OC(OC(C)C)OC(C)OC(OC(C)C)OC(C)C. The van der Waals surface area contributed by atoms with Crippen molar-refractivity contribution in [2.75, 3.05) is 0 Å². The zero-order chi connectivity index (χ0) is 34.6. The zero-order valence-electron chi connectivity index (χ0n) is 31.0. The van der Waals surface area contributed by atoms with Crippen molar-refractivity contribution >= 4 is 0 Å². The fraction of sp³-hybridized carbons (Fsp3) is 1.00. The topological polar surface area (TPSA) is 111 Å². The molecule has 0 saturated heterocycles. The maximum Gasteiger partial charge on any atom is 0.274 e. The number of hydrogen-bond acceptors (Lipinski definition) is 12. The normalized spacial score (nSPS) is 13.1. The van der Waals surface area contributed by atoms with Crippen LogP contribution < -0.4 is 0 Å². The molecule has 268 valence electrons. The average Bonchev–Trinajstić information content (AvgIpc) is 2.75. The number of hydrogen-bond donors (Lipinski definition) is 0. The molecule has 0 aromatic heterocycles. The molecular formula is C32H68O12. The van der Waals surface area contributed by atoms with Gasteiger partial charge in [0.25, 0.3) is 25.9 Å². The summed E-state index contributed by atoms with van der Waals surface area (Å²) in [4.78, 5) is 0. The van der Waals surface area contributed by atoms with E-state index >= 15 is 0 Å². The van der Waals surface area contributed by atoms with Gasteiger partial charge in [-0.15, -0.1) is 0 Å². The van der Waals surface area contributed by atoms with Gasteiger partial charge in [-0.2, -0.15) is 0 Å². The van der Waals surface area contributed by atoms with E-state index in [4.69, 9.17) is 56.8 Å². The molecule has 0 fully saturated rings. The van der Waals surface area contributed by atoms with E-state index in [2.05, 4.69) is 0 Å². The van der Waals surface area contributed by atoms with Gasteiger partial charge in [-0.3, -0.25) is 0 Å². The van der Waals surface area contributed by atoms with Gasteiger partial charge in [-0.25, -0.2) is 0 Å². The van der Waals surface area contributed by atoms with Gasteiger partial charge in [0.15, 0.2) is 12.6 Å². The third kappa shape index (κ3) is 30.2. The second-order valence-electron chi connectivity index (χ2n) is 12.3. The van der Waals surface area contributed by atoms with Crippen LogP contribution in [0.3, 0.4) is 0 Å². The highest BCUT2D eigenvalue weighted by molar-refractivity contribution is 4.47. The predicted molar refractivity (Wildman–Crippen MR) is 168 cm³/mol. The van der Waals surface area contributed by atoms with Crippen LogP contribution in [0, 0.1) is 0 Å². The molecule has 0 aliphatic carbocycles. The Morgan fingerprint density at radius 2 is 0.295 bits per heavy atom. The minimum Gasteiger partial charge on any atom is -0.327 e. The molecule has 44 heavy (non-hydrogen) atoms. The van der Waals surface area contributed by atoms with Crippen molar-refractivity contribution in [3.8, 4) is 0 Å². The molecule has 0 saturated carbocycles. The van der Waals surface area contributed by atoms with Crippen molar-refractivity contribution in [2.24, 2.45) is 0 Å². The van der Waals surface area contributed by atoms with Crippen LogP contribution in [0.1, 0.15) is 125 Å². The fourth-order valence-corrected chi connectivity index (χ4v) is 2.85. The quantitative estimate of drug-likeness (QED) is 0.0986. The first-order chi connectivity index (χ1) is 20.2. The monoisotopic (exact) mass is 644 g/mol. The molecular weight excluding hydrogens is 576 g/mol. The Kier molecular flexibility index (Phi) is 26.5. The lowest BCUT2D eigenvalue weighted by Crippen LogP contribution is -2.36. The summed E-state index contributed by atoms with van der Waals surface area (Å²) >= 11 is 0. The van der Waals surface area contributed by atoms with Crippen molar-refractivity contribution in [1.82, 2.24) is 0 Å². The van der Waals surface area contributed by atoms with Crippen molar-refractivity contribution in [3.63, 3.8) is 0 Å². The fourth-order valence-electron chi connectivity index (χ4n) is 2.85. The molecule has 0 radical (unpaired) electrons. The molecule has 0 heterocycles. The van der Waals surface area contributed by atoms with E-state index in [0.29, 0.717) is 0 Å². The standard InChI is InChI=1S/2C16H34O6/c2*1-10(2)17-15(18-11(3)4)21-14(9)22-16(19-12(5)6)20-13(7)8/h2*10-16H,1-9H3. The highest BCUT2D eigenvalue weighted by Crippen LogP contribution is 2.15. The third-order valence-corrected chi connectivity index (χ3v) is 4.28. The first-order valence-electron chi connectivity index (χ1n) is 16.0. The average molecular weight is 645 g/mol. The van der Waals surface area contributed by atoms with Crippen LogP contribution in [0.4, 0.5) is 0 Å². The lowest BCUT2D eigenvalue weighted by Gasteiger charge is -2.29. The van der Waals surface area contributed by atoms with Crippen LogP contribution in [0.15, 0.2) is 0 Å². The van der Waals surface area contributed by atoms with Gasteiger partial charge in [-0.1, -0.05) is 0 Å². The highest BCUT2D eigenvalue weighted by atomic mass is 16.9. The summed E-state index contributed by atoms with van der Waals surface area (Å²) < 4.78 is 67.1. The lowest BCUT2D eigenvalue weighted by molar-refractivity contribution is -0.405. The molecule has 0 aliphatic heterocycles. The van der Waals surface area contributed by atoms with Gasteiger partial charge < -0.3 is 56.8 Å². The van der Waals surface area contributed by atoms with Crippen LogP contribution >= 0.6 is 0 Å². The molecule has 0 aliphatic rings. The molecule has 12 nitrogen and oxygen atoms in total. The van der Waals surface area contributed by atoms with Crippen LogP contribution in [-0.2, 0) is 56.8 Å². The highest BCUT2D eigenvalue weighted by Gasteiger charge is 2.24. The number of rotatable bonds is 24. The minimum atomic E-state index is -0.797. The van der Waals surface area contributed by atoms with Crippen LogP contribution in [0.2, 0.25) is 0 Å². The Morgan fingerprint density at radius 3 is 0.386 bits per heavy atom. The Labute approximate surface area is 268 Å². The maximum atomic E-state index is 5.64. The van der Waals surface area contributed by atoms with Gasteiger partial charge in [0.05, 0.1) is 48.8 Å². The first-order valence-corrected chi connectivity index (χ1v) is 16.0. The van der Waals surface area contributed by atoms with E-state index in [9.17, 15) is 0 Å². The molecule has 0 unspecified atom stereocenters. The molecule has 0 bridgehead atoms. The summed E-state index contributed by atoms with van der Waals surface area (Å²) in [5, 5.41) is 0. The van der Waals surface area contributed by atoms with E-state index in [1.165, 1.54) is 0 Å². The lowest BCUT2D eigenvalue weighted by atomic mass is 10.5. The molecule has 0 aromatic carbocycles. The van der Waals surface area contributed by atoms with Crippen molar-refractivity contribution in [2.45, 2.75) is 212 Å². The second kappa shape index (κ2) is 25.6. The zero-order valence-corrected chi connectivity index (χ0v) is 31.0. The van der Waals surface area contributed by atoms with Crippen molar-refractivity contribution in [3.05, 3.63) is 0 Å². The maximum absolute atomic E-state index is 5.64. The van der Waals surface area contributed by atoms with E-state index in [0.717, 1.165) is 0 Å². The van der Waals surface area contributed by atoms with Gasteiger partial charge in [-0.05, 0) is 125 Å². The van der Waals surface area contributed by atoms with Crippen LogP contribution in [-0.4, -0.2) is 87.3 Å². The molecule has 12 heteroatoms. The van der Waals surface area contributed by atoms with Gasteiger partial charge >= 0.3 is 0 Å². The van der Waals surface area contributed by atoms with Crippen LogP contribution in [0.25, 0.3) is 0 Å².